The van der Waals surface area contributed by atoms with Crippen LogP contribution in [0.15, 0.2) is 216 Å². The van der Waals surface area contributed by atoms with E-state index >= 15 is 0 Å². The van der Waals surface area contributed by atoms with Gasteiger partial charge in [0.2, 0.25) is 0 Å². The Morgan fingerprint density at radius 2 is 0.931 bits per heavy atom. The molecule has 2 heterocycles. The molecule has 10 aromatic rings. The molecule has 1 atom stereocenters. The van der Waals surface area contributed by atoms with Crippen molar-refractivity contribution in [3.63, 3.8) is 0 Å². The van der Waals surface area contributed by atoms with E-state index in [0.29, 0.717) is 5.84 Å². The van der Waals surface area contributed by atoms with E-state index in [2.05, 4.69) is 175 Å². The van der Waals surface area contributed by atoms with Crippen LogP contribution in [0.3, 0.4) is 0 Å². The van der Waals surface area contributed by atoms with Gasteiger partial charge < -0.3 is 5.32 Å². The van der Waals surface area contributed by atoms with Crippen molar-refractivity contribution in [2.24, 2.45) is 9.98 Å². The number of hydrogen-bond donors (Lipinski definition) is 1. The summed E-state index contributed by atoms with van der Waals surface area (Å²) in [6, 6.07) is 73.1. The first-order valence-corrected chi connectivity index (χ1v) is 19.7. The summed E-state index contributed by atoms with van der Waals surface area (Å²) >= 11 is 0. The largest absolute Gasteiger partial charge is 0.344 e. The lowest BCUT2D eigenvalue weighted by atomic mass is 9.90. The van der Waals surface area contributed by atoms with Crippen molar-refractivity contribution in [1.29, 1.82) is 0 Å². The molecular formula is C54H36N4. The van der Waals surface area contributed by atoms with Gasteiger partial charge in [-0.05, 0) is 79.0 Å². The van der Waals surface area contributed by atoms with E-state index in [4.69, 9.17) is 15.0 Å². The first kappa shape index (κ1) is 33.6. The lowest BCUT2D eigenvalue weighted by molar-refractivity contribution is 0.674. The highest BCUT2D eigenvalue weighted by Crippen LogP contribution is 2.41. The van der Waals surface area contributed by atoms with Gasteiger partial charge in [0.15, 0.2) is 5.84 Å². The summed E-state index contributed by atoms with van der Waals surface area (Å²) in [5.41, 5.74) is 10.7. The highest BCUT2D eigenvalue weighted by molar-refractivity contribution is 6.17. The van der Waals surface area contributed by atoms with E-state index in [0.717, 1.165) is 77.7 Å². The summed E-state index contributed by atoms with van der Waals surface area (Å²) in [7, 11) is 0. The molecule has 1 aliphatic rings. The number of amidine groups is 2. The molecule has 1 N–H and O–H groups in total. The SMILES string of the molecule is c1ccc(C2=NC(c3ccc(-c4cc5c(-c6ccc7ccccc7c6)cc(-c6ccc7ccccc7c6)nc5c5ccccc45)cc3)=NC(c3ccccc3)N2)cc1. The second-order valence-electron chi connectivity index (χ2n) is 14.9. The van der Waals surface area contributed by atoms with Crippen LogP contribution in [0, 0.1) is 0 Å². The molecule has 272 valence electrons. The molecule has 0 bridgehead atoms. The lowest BCUT2D eigenvalue weighted by Crippen LogP contribution is -2.33. The minimum Gasteiger partial charge on any atom is -0.344 e. The Morgan fingerprint density at radius 3 is 1.66 bits per heavy atom. The van der Waals surface area contributed by atoms with Gasteiger partial charge >= 0.3 is 0 Å². The van der Waals surface area contributed by atoms with Gasteiger partial charge in [0, 0.05) is 27.5 Å². The Hall–Kier alpha value is -7.69. The number of nitrogens with zero attached hydrogens (tertiary/aromatic N) is 3. The fourth-order valence-corrected chi connectivity index (χ4v) is 8.31. The van der Waals surface area contributed by atoms with Gasteiger partial charge in [-0.2, -0.15) is 0 Å². The van der Waals surface area contributed by atoms with Crippen molar-refractivity contribution in [2.45, 2.75) is 6.17 Å². The number of nitrogens with one attached hydrogen (secondary N) is 1. The van der Waals surface area contributed by atoms with Crippen molar-refractivity contribution >= 4 is 54.9 Å². The molecule has 1 unspecified atom stereocenters. The van der Waals surface area contributed by atoms with Gasteiger partial charge in [0.05, 0.1) is 11.2 Å². The maximum atomic E-state index is 5.47. The second-order valence-corrected chi connectivity index (χ2v) is 14.9. The molecular weight excluding hydrogens is 705 g/mol. The van der Waals surface area contributed by atoms with E-state index in [-0.39, 0.29) is 6.17 Å². The molecule has 1 aromatic heterocycles. The topological polar surface area (TPSA) is 49.6 Å². The van der Waals surface area contributed by atoms with Gasteiger partial charge in [-0.15, -0.1) is 0 Å². The Kier molecular flexibility index (Phi) is 8.18. The van der Waals surface area contributed by atoms with Crippen molar-refractivity contribution < 1.29 is 0 Å². The molecule has 9 aromatic carbocycles. The average molecular weight is 741 g/mol. The van der Waals surface area contributed by atoms with Crippen molar-refractivity contribution in [1.82, 2.24) is 10.3 Å². The zero-order valence-corrected chi connectivity index (χ0v) is 31.5. The van der Waals surface area contributed by atoms with Crippen molar-refractivity contribution in [2.75, 3.05) is 0 Å². The van der Waals surface area contributed by atoms with Crippen LogP contribution >= 0.6 is 0 Å². The van der Waals surface area contributed by atoms with Gasteiger partial charge in [-0.25, -0.2) is 15.0 Å². The van der Waals surface area contributed by atoms with Crippen LogP contribution in [0.5, 0.6) is 0 Å². The minimum atomic E-state index is -0.256. The van der Waals surface area contributed by atoms with Gasteiger partial charge in [-0.3, -0.25) is 0 Å². The standard InChI is InChI=1S/C54H36N4/c1-3-15-38(16-4-1)52-56-53(39-17-5-2-6-18-39)58-54(57-52)40-27-25-37(26-28-40)47-33-49-48(43-29-23-35-13-7-9-19-41(35)31-43)34-50(55-51(49)46-22-12-11-21-45(46)47)44-30-24-36-14-8-10-20-42(36)32-44/h1-34,52H,(H,56,57,58). The zero-order valence-electron chi connectivity index (χ0n) is 31.5. The maximum Gasteiger partial charge on any atom is 0.159 e. The number of rotatable bonds is 6. The van der Waals surface area contributed by atoms with E-state index in [1.54, 1.807) is 0 Å². The quantitative estimate of drug-likeness (QED) is 0.173. The van der Waals surface area contributed by atoms with Crippen LogP contribution in [0.4, 0.5) is 0 Å². The van der Waals surface area contributed by atoms with Gasteiger partial charge in [0.25, 0.3) is 0 Å². The molecule has 0 fully saturated rings. The van der Waals surface area contributed by atoms with Crippen LogP contribution in [0.25, 0.3) is 76.7 Å². The van der Waals surface area contributed by atoms with Gasteiger partial charge in [0.1, 0.15) is 12.0 Å². The van der Waals surface area contributed by atoms with Crippen LogP contribution in [0.1, 0.15) is 22.9 Å². The van der Waals surface area contributed by atoms with E-state index < -0.39 is 0 Å². The molecule has 11 rings (SSSR count). The van der Waals surface area contributed by atoms with E-state index in [1.165, 1.54) is 21.5 Å². The van der Waals surface area contributed by atoms with Crippen LogP contribution < -0.4 is 5.32 Å². The van der Waals surface area contributed by atoms with Crippen LogP contribution in [0.2, 0.25) is 0 Å². The number of benzene rings is 9. The van der Waals surface area contributed by atoms with Crippen LogP contribution in [-0.4, -0.2) is 16.7 Å². The Labute approximate surface area is 336 Å². The average Bonchev–Trinajstić information content (AvgIpc) is 3.31. The fourth-order valence-electron chi connectivity index (χ4n) is 8.31. The molecule has 0 saturated carbocycles. The monoisotopic (exact) mass is 740 g/mol. The van der Waals surface area contributed by atoms with Crippen molar-refractivity contribution in [3.8, 4) is 33.5 Å². The molecule has 0 aliphatic carbocycles. The fraction of sp³-hybridized carbons (Fsp3) is 0.0185. The predicted molar refractivity (Wildman–Crippen MR) is 242 cm³/mol. The molecule has 0 amide bonds. The van der Waals surface area contributed by atoms with E-state index in [9.17, 15) is 0 Å². The minimum absolute atomic E-state index is 0.256. The maximum absolute atomic E-state index is 5.47. The summed E-state index contributed by atoms with van der Waals surface area (Å²) in [6.07, 6.45) is -0.256. The van der Waals surface area contributed by atoms with Gasteiger partial charge in [-0.1, -0.05) is 182 Å². The molecule has 58 heavy (non-hydrogen) atoms. The molecule has 4 nitrogen and oxygen atoms in total. The first-order chi connectivity index (χ1) is 28.7. The molecule has 0 radical (unpaired) electrons. The normalized spacial score (nSPS) is 14.0. The molecule has 0 saturated heterocycles. The number of pyridine rings is 1. The summed E-state index contributed by atoms with van der Waals surface area (Å²) in [5.74, 6) is 1.51. The van der Waals surface area contributed by atoms with Crippen molar-refractivity contribution in [3.05, 3.63) is 223 Å². The smallest absolute Gasteiger partial charge is 0.159 e. The highest BCUT2D eigenvalue weighted by Gasteiger charge is 2.22. The Bertz CT molecular complexity index is 3240. The number of aromatic nitrogens is 1. The zero-order chi connectivity index (χ0) is 38.4. The van der Waals surface area contributed by atoms with E-state index in [1.807, 2.05) is 36.4 Å². The third-order valence-electron chi connectivity index (χ3n) is 11.3. The summed E-state index contributed by atoms with van der Waals surface area (Å²) < 4.78 is 0. The number of hydrogen-bond acceptors (Lipinski definition) is 4. The summed E-state index contributed by atoms with van der Waals surface area (Å²) in [5, 5.41) is 11.8. The molecule has 0 spiro atoms. The Balaban J connectivity index is 1.08. The molecule has 4 heteroatoms. The lowest BCUT2D eigenvalue weighted by Gasteiger charge is -2.23. The summed E-state index contributed by atoms with van der Waals surface area (Å²) in [6.45, 7) is 0. The summed E-state index contributed by atoms with van der Waals surface area (Å²) in [4.78, 5) is 15.6. The predicted octanol–water partition coefficient (Wildman–Crippen LogP) is 13.2. The van der Waals surface area contributed by atoms with Crippen LogP contribution in [-0.2, 0) is 0 Å². The Morgan fingerprint density at radius 1 is 0.379 bits per heavy atom. The molecule has 1 aliphatic heterocycles. The second kappa shape index (κ2) is 14.1. The third kappa shape index (κ3) is 6.08. The highest BCUT2D eigenvalue weighted by atomic mass is 15.2. The number of fused-ring (bicyclic) bond motifs is 5. The number of aliphatic imine (C=N–C) groups is 2. The first-order valence-electron chi connectivity index (χ1n) is 19.7. The third-order valence-corrected chi connectivity index (χ3v) is 11.3.